The van der Waals surface area contributed by atoms with E-state index >= 15 is 0 Å². The van der Waals surface area contributed by atoms with Crippen molar-refractivity contribution in [3.8, 4) is 0 Å². The Balaban J connectivity index is 0.00000225. The highest BCUT2D eigenvalue weighted by molar-refractivity contribution is 7.85. The summed E-state index contributed by atoms with van der Waals surface area (Å²) in [6, 6.07) is 0. The highest BCUT2D eigenvalue weighted by atomic mass is 32.2. The van der Waals surface area contributed by atoms with Gasteiger partial charge in [0.1, 0.15) is 6.20 Å². The first kappa shape index (κ1) is 15.0. The quantitative estimate of drug-likeness (QED) is 0.569. The molecule has 6 nitrogen and oxygen atoms in total. The van der Waals surface area contributed by atoms with E-state index in [0.29, 0.717) is 17.4 Å². The fourth-order valence-electron chi connectivity index (χ4n) is 1.49. The van der Waals surface area contributed by atoms with Crippen molar-refractivity contribution in [1.82, 2.24) is 0 Å². The Morgan fingerprint density at radius 3 is 2.75 bits per heavy atom. The van der Waals surface area contributed by atoms with Gasteiger partial charge in [-0.25, -0.2) is 4.48 Å². The third kappa shape index (κ3) is 3.86. The molecular weight excluding hydrogens is 232 g/mol. The van der Waals surface area contributed by atoms with E-state index in [1.165, 1.54) is 0 Å². The van der Waals surface area contributed by atoms with Gasteiger partial charge in [0.05, 0.1) is 25.5 Å². The Morgan fingerprint density at radius 1 is 1.62 bits per heavy atom. The molecule has 1 atom stereocenters. The first-order valence-electron chi connectivity index (χ1n) is 4.56. The van der Waals surface area contributed by atoms with Crippen molar-refractivity contribution in [3.05, 3.63) is 25.1 Å². The molecule has 16 heavy (non-hydrogen) atoms. The van der Waals surface area contributed by atoms with Crippen molar-refractivity contribution in [1.29, 1.82) is 0 Å². The number of aliphatic imine (C=N–C) groups is 1. The summed E-state index contributed by atoms with van der Waals surface area (Å²) in [7, 11) is -1.96. The Kier molecular flexibility index (Phi) is 5.01. The van der Waals surface area contributed by atoms with Crippen LogP contribution in [0.5, 0.6) is 0 Å². The van der Waals surface area contributed by atoms with Gasteiger partial charge in [-0.3, -0.25) is 4.55 Å². The zero-order valence-corrected chi connectivity index (χ0v) is 9.89. The molecule has 0 aliphatic carbocycles. The van der Waals surface area contributed by atoms with Crippen molar-refractivity contribution in [2.24, 2.45) is 4.99 Å². The summed E-state index contributed by atoms with van der Waals surface area (Å²) in [6.45, 7) is 4.21. The van der Waals surface area contributed by atoms with E-state index in [0.717, 1.165) is 5.84 Å². The molecule has 1 heterocycles. The van der Waals surface area contributed by atoms with Gasteiger partial charge < -0.3 is 5.48 Å². The molecule has 1 unspecified atom stereocenters. The molecule has 1 rings (SSSR count). The van der Waals surface area contributed by atoms with E-state index in [4.69, 9.17) is 4.55 Å². The van der Waals surface area contributed by atoms with Gasteiger partial charge in [0.15, 0.2) is 0 Å². The Morgan fingerprint density at radius 2 is 2.25 bits per heavy atom. The van der Waals surface area contributed by atoms with Crippen LogP contribution in [0.1, 0.15) is 6.42 Å². The van der Waals surface area contributed by atoms with E-state index in [9.17, 15) is 8.42 Å². The summed E-state index contributed by atoms with van der Waals surface area (Å²) in [5.74, 6) is 0.560. The van der Waals surface area contributed by atoms with Gasteiger partial charge in [0, 0.05) is 12.5 Å². The van der Waals surface area contributed by atoms with Crippen LogP contribution in [0.3, 0.4) is 0 Å². The largest absolute Gasteiger partial charge is 0.870 e. The van der Waals surface area contributed by atoms with Crippen LogP contribution in [0.2, 0.25) is 0 Å². The lowest BCUT2D eigenvalue weighted by Gasteiger charge is -2.25. The number of hydrogen-bond acceptors (Lipinski definition) is 4. The minimum atomic E-state index is -3.87. The maximum absolute atomic E-state index is 10.5. The van der Waals surface area contributed by atoms with Crippen molar-refractivity contribution in [2.75, 3.05) is 19.3 Å². The number of nitrogens with zero attached hydrogens (tertiary/aromatic N) is 2. The Labute approximate surface area is 95.2 Å². The summed E-state index contributed by atoms with van der Waals surface area (Å²) in [5, 5.41) is 0. The molecule has 0 saturated carbocycles. The Bertz CT molecular complexity index is 413. The zero-order valence-electron chi connectivity index (χ0n) is 9.07. The van der Waals surface area contributed by atoms with E-state index < -0.39 is 10.1 Å². The van der Waals surface area contributed by atoms with Crippen LogP contribution in [0.15, 0.2) is 30.0 Å². The van der Waals surface area contributed by atoms with E-state index in [2.05, 4.69) is 11.6 Å². The predicted octanol–water partition coefficient (Wildman–Crippen LogP) is 0.603. The highest BCUT2D eigenvalue weighted by Gasteiger charge is 2.28. The molecule has 92 valence electrons. The van der Waals surface area contributed by atoms with Crippen LogP contribution < -0.4 is 0 Å². The molecule has 2 N–H and O–H groups in total. The fourth-order valence-corrected chi connectivity index (χ4v) is 1.98. The maximum atomic E-state index is 10.5. The van der Waals surface area contributed by atoms with Gasteiger partial charge in [-0.15, -0.1) is 0 Å². The standard InChI is InChI=1S/C9H14N2O3S.H2O/c1-3-9-10-5-7-11(9,2)6-4-8-15(12,13)14;/h3,5,7H,1,4,6,8H2,2H3;1H2. The Hall–Kier alpha value is -1.02. The average Bonchev–Trinajstić information content (AvgIpc) is 2.44. The molecule has 0 aromatic carbocycles. The SMILES string of the molecule is C=CC1=NC=C[N+]1(C)CCCS(=O)(=O)O.[OH-]. The fraction of sp³-hybridized carbons (Fsp3) is 0.444. The lowest BCUT2D eigenvalue weighted by atomic mass is 10.3. The first-order valence-corrected chi connectivity index (χ1v) is 6.17. The first-order chi connectivity index (χ1) is 6.87. The third-order valence-electron chi connectivity index (χ3n) is 2.33. The third-order valence-corrected chi connectivity index (χ3v) is 3.14. The molecule has 0 saturated heterocycles. The van der Waals surface area contributed by atoms with Gasteiger partial charge in [0.2, 0.25) is 5.84 Å². The topological polar surface area (TPSA) is 96.7 Å². The van der Waals surface area contributed by atoms with Crippen LogP contribution >= 0.6 is 0 Å². The monoisotopic (exact) mass is 248 g/mol. The normalized spacial score (nSPS) is 23.8. The number of likely N-dealkylation sites (N-methyl/N-ethyl adjacent to an activating group) is 1. The maximum Gasteiger partial charge on any atom is 0.265 e. The summed E-state index contributed by atoms with van der Waals surface area (Å²) >= 11 is 0. The van der Waals surface area contributed by atoms with Crippen molar-refractivity contribution < 1.29 is 22.9 Å². The van der Waals surface area contributed by atoms with Gasteiger partial charge in [-0.1, -0.05) is 6.58 Å². The smallest absolute Gasteiger partial charge is 0.265 e. The molecule has 7 heteroatoms. The van der Waals surface area contributed by atoms with Gasteiger partial charge >= 0.3 is 0 Å². The minimum absolute atomic E-state index is 0. The van der Waals surface area contributed by atoms with Crippen molar-refractivity contribution >= 4 is 16.0 Å². The molecule has 0 aromatic heterocycles. The minimum Gasteiger partial charge on any atom is -0.870 e. The molecule has 0 fully saturated rings. The van der Waals surface area contributed by atoms with E-state index in [1.54, 1.807) is 12.3 Å². The molecular formula is C9H16N2O4S. The van der Waals surface area contributed by atoms with Crippen LogP contribution in [0.4, 0.5) is 0 Å². The second kappa shape index (κ2) is 5.35. The highest BCUT2D eigenvalue weighted by Crippen LogP contribution is 2.15. The second-order valence-corrected chi connectivity index (χ2v) is 5.19. The molecule has 1 aliphatic rings. The predicted molar refractivity (Wildman–Crippen MR) is 60.8 cm³/mol. The van der Waals surface area contributed by atoms with Crippen LogP contribution in [0, 0.1) is 0 Å². The lowest BCUT2D eigenvalue weighted by molar-refractivity contribution is -0.762. The summed E-state index contributed by atoms with van der Waals surface area (Å²) < 4.78 is 30.1. The lowest BCUT2D eigenvalue weighted by Crippen LogP contribution is -2.42. The average molecular weight is 248 g/mol. The molecule has 0 bridgehead atoms. The van der Waals surface area contributed by atoms with Gasteiger partial charge in [0.25, 0.3) is 10.1 Å². The number of hydrogen-bond donors (Lipinski definition) is 1. The summed E-state index contributed by atoms with van der Waals surface area (Å²) in [5.41, 5.74) is 0. The molecule has 0 aromatic rings. The van der Waals surface area contributed by atoms with E-state index in [-0.39, 0.29) is 11.2 Å². The van der Waals surface area contributed by atoms with Crippen LogP contribution in [-0.4, -0.2) is 48.1 Å². The summed E-state index contributed by atoms with van der Waals surface area (Å²) in [6.07, 6.45) is 5.56. The molecule has 0 radical (unpaired) electrons. The van der Waals surface area contributed by atoms with E-state index in [1.807, 2.05) is 13.2 Å². The van der Waals surface area contributed by atoms with Crippen LogP contribution in [0.25, 0.3) is 0 Å². The molecule has 1 aliphatic heterocycles. The zero-order chi connectivity index (χ0) is 11.5. The molecule has 0 spiro atoms. The number of amidine groups is 1. The summed E-state index contributed by atoms with van der Waals surface area (Å²) in [4.78, 5) is 4.10. The van der Waals surface area contributed by atoms with Gasteiger partial charge in [-0.05, 0) is 0 Å². The number of quaternary nitrogens is 1. The van der Waals surface area contributed by atoms with Gasteiger partial charge in [-0.2, -0.15) is 13.4 Å². The molecule has 0 amide bonds. The van der Waals surface area contributed by atoms with Crippen molar-refractivity contribution in [3.63, 3.8) is 0 Å². The van der Waals surface area contributed by atoms with Crippen LogP contribution in [-0.2, 0) is 10.1 Å². The van der Waals surface area contributed by atoms with Crippen molar-refractivity contribution in [2.45, 2.75) is 6.42 Å². The number of rotatable bonds is 5. The second-order valence-electron chi connectivity index (χ2n) is 3.62.